The first-order valence-corrected chi connectivity index (χ1v) is 7.09. The second kappa shape index (κ2) is 8.98. The average molecular weight is 377 g/mol. The molecule has 0 spiro atoms. The summed E-state index contributed by atoms with van der Waals surface area (Å²) in [6.07, 6.45) is 4.53. The molecule has 1 amide bonds. The minimum Gasteiger partial charge on any atom is -0.375 e. The van der Waals surface area contributed by atoms with Gasteiger partial charge in [-0.1, -0.05) is 0 Å². The number of hydrogen-bond acceptors (Lipinski definition) is 4. The van der Waals surface area contributed by atoms with E-state index in [4.69, 9.17) is 4.74 Å². The Morgan fingerprint density at radius 2 is 2.25 bits per heavy atom. The van der Waals surface area contributed by atoms with Gasteiger partial charge < -0.3 is 19.9 Å². The molecule has 1 aliphatic rings. The van der Waals surface area contributed by atoms with Gasteiger partial charge in [-0.15, -0.1) is 24.8 Å². The molecule has 0 bridgehead atoms. The summed E-state index contributed by atoms with van der Waals surface area (Å²) < 4.78 is 21.1. The lowest BCUT2D eigenvalue weighted by Gasteiger charge is -2.29. The molecule has 1 aromatic carbocycles. The van der Waals surface area contributed by atoms with Crippen LogP contribution in [0, 0.1) is 5.82 Å². The topological polar surface area (TPSA) is 68.2 Å². The van der Waals surface area contributed by atoms with Crippen LogP contribution in [0.3, 0.4) is 0 Å². The highest BCUT2D eigenvalue weighted by Crippen LogP contribution is 2.18. The number of nitrogens with zero attached hydrogens (tertiary/aromatic N) is 2. The predicted molar refractivity (Wildman–Crippen MR) is 93.9 cm³/mol. The number of rotatable bonds is 3. The summed E-state index contributed by atoms with van der Waals surface area (Å²) >= 11 is 0. The van der Waals surface area contributed by atoms with Crippen LogP contribution in [0.5, 0.6) is 0 Å². The summed E-state index contributed by atoms with van der Waals surface area (Å²) in [6, 6.07) is 4.11. The number of ether oxygens (including phenoxy) is 1. The van der Waals surface area contributed by atoms with Crippen LogP contribution in [0.2, 0.25) is 0 Å². The molecule has 0 unspecified atom stereocenters. The fourth-order valence-corrected chi connectivity index (χ4v) is 2.44. The SMILES string of the molecule is C[C@H]1OCCN[C@@H]1C(=O)Nc1ccc(-n2ccnc2)c(F)c1.Cl.Cl. The van der Waals surface area contributed by atoms with Crippen molar-refractivity contribution in [3.8, 4) is 5.69 Å². The van der Waals surface area contributed by atoms with E-state index in [0.29, 0.717) is 24.5 Å². The minimum absolute atomic E-state index is 0. The van der Waals surface area contributed by atoms with E-state index < -0.39 is 11.9 Å². The molecule has 1 saturated heterocycles. The molecule has 9 heteroatoms. The van der Waals surface area contributed by atoms with Crippen LogP contribution in [-0.2, 0) is 9.53 Å². The van der Waals surface area contributed by atoms with Gasteiger partial charge in [0, 0.05) is 24.6 Å². The van der Waals surface area contributed by atoms with Crippen LogP contribution in [0.1, 0.15) is 6.92 Å². The van der Waals surface area contributed by atoms with Gasteiger partial charge in [-0.3, -0.25) is 4.79 Å². The minimum atomic E-state index is -0.440. The molecule has 3 rings (SSSR count). The van der Waals surface area contributed by atoms with Gasteiger partial charge >= 0.3 is 0 Å². The zero-order chi connectivity index (χ0) is 15.5. The van der Waals surface area contributed by atoms with E-state index in [2.05, 4.69) is 15.6 Å². The van der Waals surface area contributed by atoms with Crippen LogP contribution in [-0.4, -0.2) is 40.8 Å². The Morgan fingerprint density at radius 1 is 1.46 bits per heavy atom. The lowest BCUT2D eigenvalue weighted by molar-refractivity contribution is -0.123. The summed E-state index contributed by atoms with van der Waals surface area (Å²) in [5.41, 5.74) is 0.786. The maximum Gasteiger partial charge on any atom is 0.244 e. The highest BCUT2D eigenvalue weighted by atomic mass is 35.5. The summed E-state index contributed by atoms with van der Waals surface area (Å²) in [5, 5.41) is 5.80. The molecule has 0 radical (unpaired) electrons. The lowest BCUT2D eigenvalue weighted by Crippen LogP contribution is -2.53. The quantitative estimate of drug-likeness (QED) is 0.861. The Balaban J connectivity index is 0.00000144. The Kier molecular flexibility index (Phi) is 7.62. The number of imidazole rings is 1. The number of nitrogens with one attached hydrogen (secondary N) is 2. The van der Waals surface area contributed by atoms with Gasteiger partial charge in [0.05, 0.1) is 24.7 Å². The smallest absolute Gasteiger partial charge is 0.244 e. The molecule has 2 N–H and O–H groups in total. The van der Waals surface area contributed by atoms with Crippen LogP contribution in [0.15, 0.2) is 36.9 Å². The summed E-state index contributed by atoms with van der Waals surface area (Å²) in [6.45, 7) is 3.04. The van der Waals surface area contributed by atoms with Crippen LogP contribution in [0.25, 0.3) is 5.69 Å². The molecule has 2 atom stereocenters. The third-order valence-electron chi connectivity index (χ3n) is 3.60. The van der Waals surface area contributed by atoms with Crippen LogP contribution in [0.4, 0.5) is 10.1 Å². The van der Waals surface area contributed by atoms with Crippen molar-refractivity contribution in [3.05, 3.63) is 42.7 Å². The zero-order valence-corrected chi connectivity index (χ0v) is 14.6. The number of halogens is 3. The van der Waals surface area contributed by atoms with Crippen molar-refractivity contribution in [2.75, 3.05) is 18.5 Å². The Hall–Kier alpha value is -1.67. The first-order valence-electron chi connectivity index (χ1n) is 7.09. The van der Waals surface area contributed by atoms with Crippen molar-refractivity contribution in [1.82, 2.24) is 14.9 Å². The van der Waals surface area contributed by atoms with Gasteiger partial charge in [0.25, 0.3) is 0 Å². The van der Waals surface area contributed by atoms with E-state index in [1.807, 2.05) is 6.92 Å². The van der Waals surface area contributed by atoms with Gasteiger partial charge in [0.15, 0.2) is 0 Å². The van der Waals surface area contributed by atoms with Crippen LogP contribution < -0.4 is 10.6 Å². The van der Waals surface area contributed by atoms with E-state index in [1.54, 1.807) is 29.1 Å². The molecule has 2 heterocycles. The van der Waals surface area contributed by atoms with Gasteiger partial charge in [-0.05, 0) is 25.1 Å². The Morgan fingerprint density at radius 3 is 2.88 bits per heavy atom. The van der Waals surface area contributed by atoms with Gasteiger partial charge in [0.2, 0.25) is 5.91 Å². The number of amides is 1. The third-order valence-corrected chi connectivity index (χ3v) is 3.60. The number of benzene rings is 1. The molecule has 6 nitrogen and oxygen atoms in total. The number of morpholine rings is 1. The molecule has 1 aliphatic heterocycles. The van der Waals surface area contributed by atoms with Crippen molar-refractivity contribution >= 4 is 36.4 Å². The molecule has 1 aromatic heterocycles. The fraction of sp³-hybridized carbons (Fsp3) is 0.333. The maximum absolute atomic E-state index is 14.1. The lowest BCUT2D eigenvalue weighted by atomic mass is 10.1. The number of anilines is 1. The van der Waals surface area contributed by atoms with Gasteiger partial charge in [0.1, 0.15) is 11.9 Å². The standard InChI is InChI=1S/C15H17FN4O2.2ClH/c1-10-14(18-5-7-22-10)15(21)19-11-2-3-13(12(16)8-11)20-6-4-17-9-20;;/h2-4,6,8-10,14,18H,5,7H2,1H3,(H,19,21);2*1H/t10-,14+;;/m1../s1. The highest BCUT2D eigenvalue weighted by Gasteiger charge is 2.28. The van der Waals surface area contributed by atoms with Crippen molar-refractivity contribution in [2.24, 2.45) is 0 Å². The first kappa shape index (κ1) is 20.4. The molecular weight excluding hydrogens is 358 g/mol. The highest BCUT2D eigenvalue weighted by molar-refractivity contribution is 5.95. The number of hydrogen-bond donors (Lipinski definition) is 2. The summed E-state index contributed by atoms with van der Waals surface area (Å²) in [4.78, 5) is 16.1. The van der Waals surface area contributed by atoms with E-state index >= 15 is 0 Å². The van der Waals surface area contributed by atoms with E-state index in [0.717, 1.165) is 0 Å². The third kappa shape index (κ3) is 4.45. The number of carbonyl (C=O) groups excluding carboxylic acids is 1. The van der Waals surface area contributed by atoms with Gasteiger partial charge in [-0.25, -0.2) is 9.37 Å². The van der Waals surface area contributed by atoms with E-state index in [1.165, 1.54) is 12.4 Å². The zero-order valence-electron chi connectivity index (χ0n) is 12.9. The van der Waals surface area contributed by atoms with Crippen molar-refractivity contribution in [1.29, 1.82) is 0 Å². The second-order valence-electron chi connectivity index (χ2n) is 5.13. The molecular formula is C15H19Cl2FN4O2. The fourth-order valence-electron chi connectivity index (χ4n) is 2.44. The average Bonchev–Trinajstić information content (AvgIpc) is 3.01. The molecule has 0 aliphatic carbocycles. The van der Waals surface area contributed by atoms with Crippen molar-refractivity contribution in [3.63, 3.8) is 0 Å². The largest absolute Gasteiger partial charge is 0.375 e. The van der Waals surface area contributed by atoms with E-state index in [-0.39, 0.29) is 36.8 Å². The molecule has 2 aromatic rings. The summed E-state index contributed by atoms with van der Waals surface area (Å²) in [5.74, 6) is -0.668. The van der Waals surface area contributed by atoms with E-state index in [9.17, 15) is 9.18 Å². The predicted octanol–water partition coefficient (Wildman–Crippen LogP) is 2.17. The molecule has 1 fully saturated rings. The molecule has 132 valence electrons. The first-order chi connectivity index (χ1) is 10.6. The Labute approximate surface area is 151 Å². The number of aromatic nitrogens is 2. The van der Waals surface area contributed by atoms with Crippen molar-refractivity contribution in [2.45, 2.75) is 19.1 Å². The monoisotopic (exact) mass is 376 g/mol. The second-order valence-corrected chi connectivity index (χ2v) is 5.13. The maximum atomic E-state index is 14.1. The van der Waals surface area contributed by atoms with Crippen molar-refractivity contribution < 1.29 is 13.9 Å². The normalized spacial score (nSPS) is 19.8. The van der Waals surface area contributed by atoms with Crippen LogP contribution >= 0.6 is 24.8 Å². The van der Waals surface area contributed by atoms with Gasteiger partial charge in [-0.2, -0.15) is 0 Å². The Bertz CT molecular complexity index is 669. The number of carbonyl (C=O) groups is 1. The molecule has 0 saturated carbocycles. The molecule has 24 heavy (non-hydrogen) atoms. The summed E-state index contributed by atoms with van der Waals surface area (Å²) in [7, 11) is 0.